The van der Waals surface area contributed by atoms with Gasteiger partial charge in [-0.3, -0.25) is 0 Å². The number of imidazole rings is 1. The average molecular weight is 479 g/mol. The SMILES string of the molecule is Clc1ccc(C(OCc2ccc(Cl)cc2Cl)C(Cl)n2ccnc2)cc1.O=[N+]([O-])O. The topological polar surface area (TPSA) is 90.4 Å². The van der Waals surface area contributed by atoms with E-state index in [9.17, 15) is 0 Å². The van der Waals surface area contributed by atoms with Gasteiger partial charge in [0.1, 0.15) is 11.6 Å². The first kappa shape index (κ1) is 23.3. The summed E-state index contributed by atoms with van der Waals surface area (Å²) < 4.78 is 7.89. The number of aromatic nitrogens is 2. The fourth-order valence-electron chi connectivity index (χ4n) is 2.38. The smallest absolute Gasteiger partial charge is 0.291 e. The van der Waals surface area contributed by atoms with Crippen molar-refractivity contribution in [2.45, 2.75) is 18.2 Å². The van der Waals surface area contributed by atoms with Crippen LogP contribution in [-0.4, -0.2) is 19.8 Å². The highest BCUT2D eigenvalue weighted by atomic mass is 35.5. The van der Waals surface area contributed by atoms with Crippen molar-refractivity contribution in [1.82, 2.24) is 9.55 Å². The molecule has 2 aromatic carbocycles. The van der Waals surface area contributed by atoms with Crippen LogP contribution in [0.3, 0.4) is 0 Å². The zero-order valence-corrected chi connectivity index (χ0v) is 17.7. The minimum absolute atomic E-state index is 0.293. The Morgan fingerprint density at radius 2 is 1.76 bits per heavy atom. The van der Waals surface area contributed by atoms with E-state index in [0.717, 1.165) is 11.1 Å². The van der Waals surface area contributed by atoms with E-state index in [1.807, 2.05) is 18.2 Å². The lowest BCUT2D eigenvalue weighted by atomic mass is 10.1. The summed E-state index contributed by atoms with van der Waals surface area (Å²) in [5.74, 6) is 0. The zero-order valence-electron chi connectivity index (χ0n) is 14.7. The van der Waals surface area contributed by atoms with E-state index in [2.05, 4.69) is 4.98 Å². The summed E-state index contributed by atoms with van der Waals surface area (Å²) in [6.45, 7) is 0.293. The minimum Gasteiger partial charge on any atom is -0.365 e. The molecule has 0 amide bonds. The molecule has 0 saturated carbocycles. The maximum absolute atomic E-state index is 8.36. The van der Waals surface area contributed by atoms with Crippen molar-refractivity contribution >= 4 is 46.4 Å². The van der Waals surface area contributed by atoms with Crippen LogP contribution in [0, 0.1) is 10.1 Å². The van der Waals surface area contributed by atoms with Crippen LogP contribution in [0.2, 0.25) is 15.1 Å². The van der Waals surface area contributed by atoms with E-state index in [0.29, 0.717) is 21.7 Å². The van der Waals surface area contributed by atoms with E-state index in [1.54, 1.807) is 47.6 Å². The van der Waals surface area contributed by atoms with Gasteiger partial charge in [0.15, 0.2) is 0 Å². The van der Waals surface area contributed by atoms with Crippen LogP contribution in [-0.2, 0) is 11.3 Å². The number of benzene rings is 2. The lowest BCUT2D eigenvalue weighted by Crippen LogP contribution is -2.15. The summed E-state index contributed by atoms with van der Waals surface area (Å²) in [4.78, 5) is 12.4. The molecule has 11 heteroatoms. The second-order valence-electron chi connectivity index (χ2n) is 5.64. The Morgan fingerprint density at radius 3 is 2.31 bits per heavy atom. The summed E-state index contributed by atoms with van der Waals surface area (Å²) in [6.07, 6.45) is 4.70. The van der Waals surface area contributed by atoms with Gasteiger partial charge in [-0.2, -0.15) is 0 Å². The molecule has 29 heavy (non-hydrogen) atoms. The molecule has 1 heterocycles. The molecule has 1 aromatic heterocycles. The van der Waals surface area contributed by atoms with Crippen molar-refractivity contribution < 1.29 is 15.0 Å². The van der Waals surface area contributed by atoms with E-state index in [-0.39, 0.29) is 0 Å². The van der Waals surface area contributed by atoms with Crippen LogP contribution in [0.4, 0.5) is 0 Å². The highest BCUT2D eigenvalue weighted by Crippen LogP contribution is 2.35. The largest absolute Gasteiger partial charge is 0.365 e. The average Bonchev–Trinajstić information content (AvgIpc) is 3.19. The Balaban J connectivity index is 0.000000687. The predicted molar refractivity (Wildman–Crippen MR) is 111 cm³/mol. The molecule has 0 spiro atoms. The molecule has 7 nitrogen and oxygen atoms in total. The molecule has 3 aromatic rings. The Hall–Kier alpha value is -2.03. The van der Waals surface area contributed by atoms with Gasteiger partial charge < -0.3 is 14.5 Å². The lowest BCUT2D eigenvalue weighted by molar-refractivity contribution is -0.742. The molecule has 0 radical (unpaired) electrons. The molecule has 2 atom stereocenters. The minimum atomic E-state index is -1.50. The summed E-state index contributed by atoms with van der Waals surface area (Å²) in [7, 11) is 0. The number of ether oxygens (including phenoxy) is 1. The molecule has 154 valence electrons. The first-order valence-corrected chi connectivity index (χ1v) is 9.60. The number of rotatable bonds is 6. The van der Waals surface area contributed by atoms with E-state index in [4.69, 9.17) is 66.5 Å². The molecular formula is C18H15Cl4N3O4. The molecule has 0 fully saturated rings. The molecule has 0 aliphatic carbocycles. The van der Waals surface area contributed by atoms with E-state index >= 15 is 0 Å². The molecule has 0 bridgehead atoms. The van der Waals surface area contributed by atoms with Crippen molar-refractivity contribution in [3.05, 3.63) is 97.5 Å². The van der Waals surface area contributed by atoms with Crippen molar-refractivity contribution in [2.75, 3.05) is 0 Å². The monoisotopic (exact) mass is 477 g/mol. The summed E-state index contributed by atoms with van der Waals surface area (Å²) in [5, 5.41) is 15.4. The Bertz CT molecular complexity index is 919. The maximum Gasteiger partial charge on any atom is 0.291 e. The Morgan fingerprint density at radius 1 is 1.14 bits per heavy atom. The highest BCUT2D eigenvalue weighted by molar-refractivity contribution is 6.35. The first-order valence-electron chi connectivity index (χ1n) is 8.03. The molecule has 0 aliphatic heterocycles. The van der Waals surface area contributed by atoms with Gasteiger partial charge in [-0.25, -0.2) is 4.98 Å². The van der Waals surface area contributed by atoms with Gasteiger partial charge in [0.25, 0.3) is 5.09 Å². The Kier molecular flexibility index (Phi) is 9.00. The zero-order chi connectivity index (χ0) is 21.4. The third kappa shape index (κ3) is 7.38. The molecular weight excluding hydrogens is 464 g/mol. The Labute approximate surface area is 186 Å². The van der Waals surface area contributed by atoms with Crippen LogP contribution in [0.15, 0.2) is 61.2 Å². The fraction of sp³-hybridized carbons (Fsp3) is 0.167. The van der Waals surface area contributed by atoms with Gasteiger partial charge in [0.2, 0.25) is 0 Å². The summed E-state index contributed by atoms with van der Waals surface area (Å²) in [5.41, 5.74) is 1.26. The van der Waals surface area contributed by atoms with Crippen LogP contribution < -0.4 is 0 Å². The summed E-state index contributed by atoms with van der Waals surface area (Å²) >= 11 is 24.8. The number of hydrogen-bond donors (Lipinski definition) is 1. The lowest BCUT2D eigenvalue weighted by Gasteiger charge is -2.24. The molecule has 2 unspecified atom stereocenters. The van der Waals surface area contributed by atoms with Crippen LogP contribution >= 0.6 is 46.4 Å². The highest BCUT2D eigenvalue weighted by Gasteiger charge is 2.24. The molecule has 0 aliphatic rings. The molecule has 1 N–H and O–H groups in total. The standard InChI is InChI=1S/C18H14Cl4N2O.HNO3/c19-14-4-1-12(2-5-14)17(18(22)24-8-7-23-11-24)25-10-13-3-6-15(20)9-16(13)21;2-1(3)4/h1-9,11,17-18H,10H2;(H,2,3,4). The normalized spacial score (nSPS) is 12.6. The second-order valence-corrected chi connectivity index (χ2v) is 7.37. The predicted octanol–water partition coefficient (Wildman–Crippen LogP) is 6.19. The van der Waals surface area contributed by atoms with Crippen molar-refractivity contribution in [3.63, 3.8) is 0 Å². The quantitative estimate of drug-likeness (QED) is 0.259. The van der Waals surface area contributed by atoms with Gasteiger partial charge >= 0.3 is 0 Å². The number of halogens is 4. The maximum atomic E-state index is 8.36. The second kappa shape index (κ2) is 11.2. The van der Waals surface area contributed by atoms with Crippen LogP contribution in [0.25, 0.3) is 0 Å². The van der Waals surface area contributed by atoms with Crippen molar-refractivity contribution in [3.8, 4) is 0 Å². The number of alkyl halides is 1. The van der Waals surface area contributed by atoms with Gasteiger partial charge in [-0.15, -0.1) is 10.1 Å². The van der Waals surface area contributed by atoms with Gasteiger partial charge in [0, 0.05) is 27.5 Å². The number of nitrogens with zero attached hydrogens (tertiary/aromatic N) is 3. The van der Waals surface area contributed by atoms with E-state index < -0.39 is 16.7 Å². The molecule has 3 rings (SSSR count). The third-order valence-corrected chi connectivity index (χ3v) is 4.98. The summed E-state index contributed by atoms with van der Waals surface area (Å²) in [6, 6.07) is 12.7. The van der Waals surface area contributed by atoms with Crippen LogP contribution in [0.1, 0.15) is 22.7 Å². The first-order chi connectivity index (χ1) is 13.8. The van der Waals surface area contributed by atoms with Crippen LogP contribution in [0.5, 0.6) is 0 Å². The fourth-order valence-corrected chi connectivity index (χ4v) is 3.30. The third-order valence-electron chi connectivity index (χ3n) is 3.69. The van der Waals surface area contributed by atoms with Crippen molar-refractivity contribution in [1.29, 1.82) is 0 Å². The van der Waals surface area contributed by atoms with Gasteiger partial charge in [-0.1, -0.05) is 64.6 Å². The van der Waals surface area contributed by atoms with Crippen molar-refractivity contribution in [2.24, 2.45) is 0 Å². The molecule has 0 saturated heterocycles. The van der Waals surface area contributed by atoms with Gasteiger partial charge in [0.05, 0.1) is 12.9 Å². The van der Waals surface area contributed by atoms with Gasteiger partial charge in [-0.05, 0) is 35.4 Å². The number of hydrogen-bond acceptors (Lipinski definition) is 4. The van der Waals surface area contributed by atoms with E-state index in [1.165, 1.54) is 0 Å².